The molecule has 4 rings (SSSR count). The number of nitrogens with one attached hydrogen (secondary N) is 1. The van der Waals surface area contributed by atoms with Crippen LogP contribution in [0.4, 0.5) is 19.0 Å². The molecular formula is C23H21F3N4O2. The molecule has 2 N–H and O–H groups in total. The highest BCUT2D eigenvalue weighted by molar-refractivity contribution is 6.00. The number of carbonyl (C=O) groups is 1. The molecule has 0 saturated carbocycles. The summed E-state index contributed by atoms with van der Waals surface area (Å²) in [4.78, 5) is 13.6. The molecule has 3 aromatic rings. The van der Waals surface area contributed by atoms with Crippen LogP contribution in [0.3, 0.4) is 0 Å². The molecule has 0 spiro atoms. The summed E-state index contributed by atoms with van der Waals surface area (Å²) in [6.07, 6.45) is -3.17. The summed E-state index contributed by atoms with van der Waals surface area (Å²) in [6, 6.07) is 11.9. The maximum absolute atomic E-state index is 12.9. The molecule has 2 heterocycles. The fourth-order valence-electron chi connectivity index (χ4n) is 3.95. The number of rotatable bonds is 5. The summed E-state index contributed by atoms with van der Waals surface area (Å²) < 4.78 is 38.7. The van der Waals surface area contributed by atoms with Crippen molar-refractivity contribution in [3.63, 3.8) is 0 Å². The summed E-state index contributed by atoms with van der Waals surface area (Å²) in [5.74, 6) is 0.0861. The van der Waals surface area contributed by atoms with E-state index in [9.17, 15) is 23.1 Å². The number of aliphatic hydroxyl groups is 1. The van der Waals surface area contributed by atoms with E-state index >= 15 is 0 Å². The lowest BCUT2D eigenvalue weighted by molar-refractivity contribution is -0.137. The maximum Gasteiger partial charge on any atom is 0.416 e. The van der Waals surface area contributed by atoms with Gasteiger partial charge in [-0.3, -0.25) is 4.79 Å². The first-order chi connectivity index (χ1) is 15.3. The second-order valence-electron chi connectivity index (χ2n) is 7.66. The highest BCUT2D eigenvalue weighted by Crippen LogP contribution is 2.34. The number of fused-ring (bicyclic) bond motifs is 1. The number of nitrogens with zero attached hydrogens (tertiary/aromatic N) is 3. The van der Waals surface area contributed by atoms with Gasteiger partial charge in [-0.15, -0.1) is 10.2 Å². The second-order valence-corrected chi connectivity index (χ2v) is 7.66. The number of aliphatic hydroxyl groups excluding tert-OH is 1. The van der Waals surface area contributed by atoms with E-state index in [1.54, 1.807) is 4.90 Å². The van der Waals surface area contributed by atoms with Crippen molar-refractivity contribution in [2.45, 2.75) is 12.2 Å². The Bertz CT molecular complexity index is 1150. The minimum absolute atomic E-state index is 0.104. The van der Waals surface area contributed by atoms with Crippen LogP contribution in [0.5, 0.6) is 0 Å². The largest absolute Gasteiger partial charge is 0.416 e. The zero-order valence-electron chi connectivity index (χ0n) is 17.0. The van der Waals surface area contributed by atoms with Crippen LogP contribution in [-0.2, 0) is 11.0 Å². The normalized spacial score (nSPS) is 18.7. The minimum Gasteiger partial charge on any atom is -0.396 e. The number of halogens is 3. The van der Waals surface area contributed by atoms with Crippen molar-refractivity contribution < 1.29 is 23.1 Å². The highest BCUT2D eigenvalue weighted by atomic mass is 19.4. The van der Waals surface area contributed by atoms with Gasteiger partial charge in [-0.25, -0.2) is 0 Å². The lowest BCUT2D eigenvalue weighted by Gasteiger charge is -2.19. The molecule has 0 bridgehead atoms. The van der Waals surface area contributed by atoms with E-state index in [4.69, 9.17) is 0 Å². The smallest absolute Gasteiger partial charge is 0.396 e. The average molecular weight is 442 g/mol. The van der Waals surface area contributed by atoms with Gasteiger partial charge in [0.25, 0.3) is 0 Å². The molecule has 1 saturated heterocycles. The molecule has 0 radical (unpaired) electrons. The SMILES string of the molecule is C=CC(=O)N1C[C@H](CO)[C@@H](Nc2nnc(-c3ccc(C(F)(F)F)cc3)c3ccccc23)C1. The Morgan fingerprint density at radius 2 is 1.81 bits per heavy atom. The minimum atomic E-state index is -4.41. The van der Waals surface area contributed by atoms with Crippen LogP contribution in [0, 0.1) is 5.92 Å². The number of amides is 1. The van der Waals surface area contributed by atoms with Crippen molar-refractivity contribution in [3.8, 4) is 11.3 Å². The molecule has 1 fully saturated rings. The third-order valence-corrected chi connectivity index (χ3v) is 5.66. The van der Waals surface area contributed by atoms with Gasteiger partial charge in [0.15, 0.2) is 5.82 Å². The van der Waals surface area contributed by atoms with Crippen molar-refractivity contribution in [1.82, 2.24) is 15.1 Å². The van der Waals surface area contributed by atoms with E-state index in [2.05, 4.69) is 22.1 Å². The molecule has 166 valence electrons. The lowest BCUT2D eigenvalue weighted by Crippen LogP contribution is -2.32. The zero-order chi connectivity index (χ0) is 22.9. The van der Waals surface area contributed by atoms with Gasteiger partial charge in [0, 0.05) is 42.0 Å². The van der Waals surface area contributed by atoms with Crippen molar-refractivity contribution in [2.24, 2.45) is 5.92 Å². The summed E-state index contributed by atoms with van der Waals surface area (Å²) in [5, 5.41) is 23.1. The first kappa shape index (κ1) is 21.8. The molecular weight excluding hydrogens is 421 g/mol. The third kappa shape index (κ3) is 4.16. The van der Waals surface area contributed by atoms with Crippen molar-refractivity contribution in [2.75, 3.05) is 25.0 Å². The quantitative estimate of drug-likeness (QED) is 0.589. The van der Waals surface area contributed by atoms with Crippen LogP contribution in [0.1, 0.15) is 5.56 Å². The van der Waals surface area contributed by atoms with E-state index in [1.807, 2.05) is 24.3 Å². The molecule has 32 heavy (non-hydrogen) atoms. The lowest BCUT2D eigenvalue weighted by atomic mass is 10.0. The highest BCUT2D eigenvalue weighted by Gasteiger charge is 2.34. The molecule has 1 aliphatic rings. The zero-order valence-corrected chi connectivity index (χ0v) is 17.0. The Kier molecular flexibility index (Phi) is 5.84. The molecule has 2 aromatic carbocycles. The van der Waals surface area contributed by atoms with Crippen molar-refractivity contribution in [3.05, 3.63) is 66.7 Å². The number of benzene rings is 2. The Morgan fingerprint density at radius 1 is 1.12 bits per heavy atom. The summed E-state index contributed by atoms with van der Waals surface area (Å²) in [6.45, 7) is 4.18. The van der Waals surface area contributed by atoms with Gasteiger partial charge < -0.3 is 15.3 Å². The first-order valence-corrected chi connectivity index (χ1v) is 10.0. The number of hydrogen-bond donors (Lipinski definition) is 2. The molecule has 0 unspecified atom stereocenters. The van der Waals surface area contributed by atoms with Gasteiger partial charge in [-0.05, 0) is 18.2 Å². The first-order valence-electron chi connectivity index (χ1n) is 10.0. The second kappa shape index (κ2) is 8.58. The van der Waals surface area contributed by atoms with Gasteiger partial charge >= 0.3 is 6.18 Å². The van der Waals surface area contributed by atoms with Crippen LogP contribution >= 0.6 is 0 Å². The maximum atomic E-state index is 12.9. The number of alkyl halides is 3. The van der Waals surface area contributed by atoms with Crippen LogP contribution < -0.4 is 5.32 Å². The Hall–Kier alpha value is -3.46. The van der Waals surface area contributed by atoms with Gasteiger partial charge in [-0.1, -0.05) is 43.0 Å². The van der Waals surface area contributed by atoms with Crippen LogP contribution in [0.25, 0.3) is 22.0 Å². The predicted molar refractivity (Wildman–Crippen MR) is 115 cm³/mol. The van der Waals surface area contributed by atoms with Crippen molar-refractivity contribution in [1.29, 1.82) is 0 Å². The van der Waals surface area contributed by atoms with Crippen LogP contribution in [0.2, 0.25) is 0 Å². The van der Waals surface area contributed by atoms with E-state index in [0.717, 1.165) is 22.9 Å². The van der Waals surface area contributed by atoms with Gasteiger partial charge in [0.2, 0.25) is 5.91 Å². The molecule has 1 amide bonds. The van der Waals surface area contributed by atoms with E-state index in [-0.39, 0.29) is 24.5 Å². The molecule has 0 aliphatic carbocycles. The fraction of sp³-hybridized carbons (Fsp3) is 0.261. The Balaban J connectivity index is 1.67. The summed E-state index contributed by atoms with van der Waals surface area (Å²) in [7, 11) is 0. The number of anilines is 1. The number of likely N-dealkylation sites (tertiary alicyclic amines) is 1. The predicted octanol–water partition coefficient (Wildman–Crippen LogP) is 3.73. The average Bonchev–Trinajstić information content (AvgIpc) is 3.21. The topological polar surface area (TPSA) is 78.4 Å². The molecule has 6 nitrogen and oxygen atoms in total. The standard InChI is InChI=1S/C23H21F3N4O2/c1-2-20(32)30-11-15(13-31)19(12-30)27-22-18-6-4-3-5-17(18)21(28-29-22)14-7-9-16(10-8-14)23(24,25)26/h2-10,15,19,31H,1,11-13H2,(H,27,29)/t15-,19+/m1/s1. The van der Waals surface area contributed by atoms with E-state index in [0.29, 0.717) is 30.2 Å². The fourth-order valence-corrected chi connectivity index (χ4v) is 3.95. The van der Waals surface area contributed by atoms with Gasteiger partial charge in [0.05, 0.1) is 11.6 Å². The van der Waals surface area contributed by atoms with Crippen LogP contribution in [-0.4, -0.2) is 51.8 Å². The van der Waals surface area contributed by atoms with Crippen LogP contribution in [0.15, 0.2) is 61.2 Å². The number of hydrogen-bond acceptors (Lipinski definition) is 5. The third-order valence-electron chi connectivity index (χ3n) is 5.66. The Labute approximate surface area is 182 Å². The van der Waals surface area contributed by atoms with E-state index < -0.39 is 11.7 Å². The monoisotopic (exact) mass is 442 g/mol. The number of carbonyl (C=O) groups excluding carboxylic acids is 1. The molecule has 1 aromatic heterocycles. The summed E-state index contributed by atoms with van der Waals surface area (Å²) >= 11 is 0. The van der Waals surface area contributed by atoms with Gasteiger partial charge in [-0.2, -0.15) is 13.2 Å². The summed E-state index contributed by atoms with van der Waals surface area (Å²) in [5.41, 5.74) is 0.255. The number of aromatic nitrogens is 2. The molecule has 2 atom stereocenters. The Morgan fingerprint density at radius 3 is 2.44 bits per heavy atom. The molecule has 9 heteroatoms. The van der Waals surface area contributed by atoms with E-state index in [1.165, 1.54) is 18.2 Å². The molecule has 1 aliphatic heterocycles. The van der Waals surface area contributed by atoms with Gasteiger partial charge in [0.1, 0.15) is 5.69 Å². The van der Waals surface area contributed by atoms with Crippen molar-refractivity contribution >= 4 is 22.5 Å².